The number of para-hydroxylation sites is 1. The van der Waals surface area contributed by atoms with E-state index < -0.39 is 0 Å². The minimum absolute atomic E-state index is 0.182. The van der Waals surface area contributed by atoms with Gasteiger partial charge in [0.2, 0.25) is 0 Å². The molecule has 0 saturated carbocycles. The highest BCUT2D eigenvalue weighted by Gasteiger charge is 2.15. The molecule has 2 aromatic carbocycles. The molecule has 1 amide bonds. The normalized spacial score (nSPS) is 11.0. The summed E-state index contributed by atoms with van der Waals surface area (Å²) in [4.78, 5) is 21.7. The lowest BCUT2D eigenvalue weighted by molar-refractivity contribution is 0.0998. The average molecular weight is 439 g/mol. The number of ether oxygens (including phenoxy) is 2. The second-order valence-corrected chi connectivity index (χ2v) is 7.55. The molecule has 5 rings (SSSR count). The van der Waals surface area contributed by atoms with Gasteiger partial charge in [-0.3, -0.25) is 4.79 Å². The molecule has 3 aromatic heterocycles. The number of carbonyl (C=O) groups is 1. The number of hydrogen-bond acceptors (Lipinski definition) is 6. The van der Waals surface area contributed by atoms with Gasteiger partial charge in [0.1, 0.15) is 12.1 Å². The summed E-state index contributed by atoms with van der Waals surface area (Å²) in [6.07, 6.45) is 0. The smallest absolute Gasteiger partial charge is 0.291 e. The van der Waals surface area contributed by atoms with E-state index in [1.54, 1.807) is 37.4 Å². The van der Waals surface area contributed by atoms with Gasteiger partial charge in [-0.25, -0.2) is 9.97 Å². The summed E-state index contributed by atoms with van der Waals surface area (Å²) in [5.41, 5.74) is 4.30. The maximum Gasteiger partial charge on any atom is 0.291 e. The topological polar surface area (TPSA) is 86.5 Å². The number of aryl methyl sites for hydroxylation is 1. The van der Waals surface area contributed by atoms with E-state index in [1.165, 1.54) is 0 Å². The number of rotatable bonds is 6. The van der Waals surface area contributed by atoms with E-state index in [0.717, 1.165) is 22.3 Å². The van der Waals surface area contributed by atoms with Crippen LogP contribution >= 0.6 is 0 Å². The van der Waals surface area contributed by atoms with Gasteiger partial charge < -0.3 is 19.2 Å². The van der Waals surface area contributed by atoms with Gasteiger partial charge >= 0.3 is 0 Å². The first kappa shape index (κ1) is 20.5. The van der Waals surface area contributed by atoms with Gasteiger partial charge in [-0.05, 0) is 43.3 Å². The summed E-state index contributed by atoms with van der Waals surface area (Å²) in [7, 11) is 1.57. The van der Waals surface area contributed by atoms with Crippen molar-refractivity contribution < 1.29 is 18.7 Å². The maximum absolute atomic E-state index is 12.7. The minimum Gasteiger partial charge on any atom is -0.493 e. The van der Waals surface area contributed by atoms with E-state index in [4.69, 9.17) is 13.9 Å². The molecule has 0 atom stereocenters. The van der Waals surface area contributed by atoms with Gasteiger partial charge in [-0.2, -0.15) is 0 Å². The van der Waals surface area contributed by atoms with Crippen molar-refractivity contribution in [1.29, 1.82) is 0 Å². The Morgan fingerprint density at radius 2 is 1.82 bits per heavy atom. The molecule has 0 aliphatic carbocycles. The van der Waals surface area contributed by atoms with Crippen LogP contribution in [0.3, 0.4) is 0 Å². The van der Waals surface area contributed by atoms with E-state index in [0.29, 0.717) is 28.3 Å². The van der Waals surface area contributed by atoms with Crippen LogP contribution in [-0.2, 0) is 6.61 Å². The molecule has 0 aliphatic heterocycles. The number of carbonyl (C=O) groups excluding carboxylic acids is 1. The summed E-state index contributed by atoms with van der Waals surface area (Å²) in [5.74, 6) is 0.851. The van der Waals surface area contributed by atoms with Crippen LogP contribution in [0.15, 0.2) is 77.2 Å². The Morgan fingerprint density at radius 1 is 0.939 bits per heavy atom. The molecule has 0 radical (unpaired) electrons. The third-order valence-corrected chi connectivity index (χ3v) is 5.19. The Morgan fingerprint density at radius 3 is 2.70 bits per heavy atom. The number of pyridine rings is 2. The van der Waals surface area contributed by atoms with Crippen LogP contribution in [0.25, 0.3) is 22.0 Å². The van der Waals surface area contributed by atoms with Crippen molar-refractivity contribution in [3.05, 3.63) is 89.9 Å². The van der Waals surface area contributed by atoms with Crippen molar-refractivity contribution >= 4 is 33.6 Å². The molecule has 7 heteroatoms. The lowest BCUT2D eigenvalue weighted by Crippen LogP contribution is -2.11. The van der Waals surface area contributed by atoms with Gasteiger partial charge in [-0.15, -0.1) is 0 Å². The quantitative estimate of drug-likeness (QED) is 0.375. The van der Waals surface area contributed by atoms with Crippen molar-refractivity contribution in [3.8, 4) is 11.5 Å². The number of aromatic nitrogens is 2. The van der Waals surface area contributed by atoms with Crippen molar-refractivity contribution in [2.75, 3.05) is 12.4 Å². The number of fused-ring (bicyclic) bond motifs is 2. The van der Waals surface area contributed by atoms with Crippen molar-refractivity contribution in [2.24, 2.45) is 0 Å². The van der Waals surface area contributed by atoms with Gasteiger partial charge in [-0.1, -0.05) is 24.3 Å². The van der Waals surface area contributed by atoms with E-state index in [1.807, 2.05) is 49.4 Å². The number of benzene rings is 2. The molecule has 0 saturated heterocycles. The third kappa shape index (κ3) is 4.34. The van der Waals surface area contributed by atoms with Crippen LogP contribution in [0, 0.1) is 6.92 Å². The van der Waals surface area contributed by atoms with Crippen molar-refractivity contribution in [1.82, 2.24) is 9.97 Å². The number of amides is 1. The number of nitrogens with one attached hydrogen (secondary N) is 1. The second kappa shape index (κ2) is 8.63. The molecule has 0 unspecified atom stereocenters. The maximum atomic E-state index is 12.7. The predicted octanol–water partition coefficient (Wildman–Crippen LogP) is 5.52. The van der Waals surface area contributed by atoms with Crippen LogP contribution < -0.4 is 14.8 Å². The molecule has 0 spiro atoms. The van der Waals surface area contributed by atoms with E-state index in [-0.39, 0.29) is 18.3 Å². The molecule has 1 N–H and O–H groups in total. The number of furan rings is 1. The van der Waals surface area contributed by atoms with E-state index >= 15 is 0 Å². The minimum atomic E-state index is -0.377. The molecular formula is C26H21N3O4. The summed E-state index contributed by atoms with van der Waals surface area (Å²) in [5, 5.41) is 3.91. The van der Waals surface area contributed by atoms with E-state index in [2.05, 4.69) is 15.3 Å². The first-order chi connectivity index (χ1) is 16.1. The van der Waals surface area contributed by atoms with Gasteiger partial charge in [0.05, 0.1) is 18.3 Å². The van der Waals surface area contributed by atoms with Gasteiger partial charge in [0, 0.05) is 28.9 Å². The van der Waals surface area contributed by atoms with Crippen molar-refractivity contribution in [2.45, 2.75) is 13.5 Å². The van der Waals surface area contributed by atoms with E-state index in [9.17, 15) is 4.79 Å². The molecule has 33 heavy (non-hydrogen) atoms. The summed E-state index contributed by atoms with van der Waals surface area (Å²) in [6.45, 7) is 2.14. The lowest BCUT2D eigenvalue weighted by atomic mass is 10.2. The Kier molecular flexibility index (Phi) is 5.36. The van der Waals surface area contributed by atoms with Gasteiger partial charge in [0.25, 0.3) is 5.91 Å². The highest BCUT2D eigenvalue weighted by molar-refractivity contribution is 6.04. The summed E-state index contributed by atoms with van der Waals surface area (Å²) < 4.78 is 17.0. The number of methoxy groups -OCH3 is 1. The lowest BCUT2D eigenvalue weighted by Gasteiger charge is -2.13. The van der Waals surface area contributed by atoms with Crippen LogP contribution in [0.5, 0.6) is 11.5 Å². The Hall–Kier alpha value is -4.39. The van der Waals surface area contributed by atoms with Gasteiger partial charge in [0.15, 0.2) is 22.8 Å². The standard InChI is InChI=1S/C26H21N3O4/c1-16-7-11-22-21(27-16)14-25(33-22)26(30)29-18-10-12-23(31-2)24(13-18)32-15-19-9-8-17-5-3-4-6-20(17)28-19/h3-14H,15H2,1-2H3,(H,29,30). The fraction of sp³-hybridized carbons (Fsp3) is 0.115. The molecule has 7 nitrogen and oxygen atoms in total. The number of nitrogens with zero attached hydrogens (tertiary/aromatic N) is 2. The predicted molar refractivity (Wildman–Crippen MR) is 126 cm³/mol. The zero-order chi connectivity index (χ0) is 22.8. The molecule has 0 aliphatic rings. The largest absolute Gasteiger partial charge is 0.493 e. The monoisotopic (exact) mass is 439 g/mol. The first-order valence-corrected chi connectivity index (χ1v) is 10.4. The SMILES string of the molecule is COc1ccc(NC(=O)c2cc3nc(C)ccc3o2)cc1OCc1ccc2ccccc2n1. The summed E-state index contributed by atoms with van der Waals surface area (Å²) >= 11 is 0. The Bertz CT molecular complexity index is 1480. The van der Waals surface area contributed by atoms with Crippen LogP contribution in [0.4, 0.5) is 5.69 Å². The Labute approximate surface area is 190 Å². The van der Waals surface area contributed by atoms with Crippen LogP contribution in [-0.4, -0.2) is 23.0 Å². The molecule has 3 heterocycles. The van der Waals surface area contributed by atoms with Crippen LogP contribution in [0.1, 0.15) is 21.9 Å². The molecule has 0 bridgehead atoms. The average Bonchev–Trinajstić information content (AvgIpc) is 3.26. The highest BCUT2D eigenvalue weighted by atomic mass is 16.5. The second-order valence-electron chi connectivity index (χ2n) is 7.55. The molecule has 0 fully saturated rings. The number of anilines is 1. The highest BCUT2D eigenvalue weighted by Crippen LogP contribution is 2.31. The molecule has 5 aromatic rings. The zero-order valence-electron chi connectivity index (χ0n) is 18.2. The fourth-order valence-corrected chi connectivity index (χ4v) is 3.54. The molecular weight excluding hydrogens is 418 g/mol. The van der Waals surface area contributed by atoms with Crippen LogP contribution in [0.2, 0.25) is 0 Å². The summed E-state index contributed by atoms with van der Waals surface area (Å²) in [6, 6.07) is 22.3. The Balaban J connectivity index is 1.33. The number of hydrogen-bond donors (Lipinski definition) is 1. The molecule has 164 valence electrons. The third-order valence-electron chi connectivity index (χ3n) is 5.19. The van der Waals surface area contributed by atoms with Crippen molar-refractivity contribution in [3.63, 3.8) is 0 Å². The first-order valence-electron chi connectivity index (χ1n) is 10.4. The zero-order valence-corrected chi connectivity index (χ0v) is 18.2. The fourth-order valence-electron chi connectivity index (χ4n) is 3.54.